The fraction of sp³-hybridized carbons (Fsp3) is 0.647. The molecule has 3 aliphatic rings. The van der Waals surface area contributed by atoms with E-state index in [0.717, 1.165) is 5.06 Å². The summed E-state index contributed by atoms with van der Waals surface area (Å²) in [6.45, 7) is 18.4. The van der Waals surface area contributed by atoms with Gasteiger partial charge in [-0.2, -0.15) is 5.06 Å². The molecule has 2 saturated heterocycles. The molecular formula is C34H49NO10. The first-order valence-electron chi connectivity index (χ1n) is 15.6. The molecule has 11 heteroatoms. The SMILES string of the molecule is Cc1cc(N(OC[C@H]2COC(C)(C)O2)C(=O)OC(C)(C)C)cc2c1C(=O)O[C@@H](C)[C@H](C)/C=C\C(O)[C@H]1OC(C)(C)O[C@H]1CC=C2. The molecule has 1 aromatic carbocycles. The molecule has 1 aromatic rings. The van der Waals surface area contributed by atoms with Crippen molar-refractivity contribution in [3.8, 4) is 0 Å². The van der Waals surface area contributed by atoms with Gasteiger partial charge in [0, 0.05) is 5.92 Å². The maximum atomic E-state index is 13.6. The van der Waals surface area contributed by atoms with E-state index in [-0.39, 0.29) is 12.5 Å². The Morgan fingerprint density at radius 1 is 1.07 bits per heavy atom. The van der Waals surface area contributed by atoms with Gasteiger partial charge in [-0.25, -0.2) is 9.59 Å². The van der Waals surface area contributed by atoms with Crippen molar-refractivity contribution in [1.82, 2.24) is 0 Å². The molecule has 0 bridgehead atoms. The molecule has 45 heavy (non-hydrogen) atoms. The summed E-state index contributed by atoms with van der Waals surface area (Å²) >= 11 is 0. The molecule has 6 atom stereocenters. The van der Waals surface area contributed by atoms with Crippen LogP contribution in [0, 0.1) is 12.8 Å². The minimum atomic E-state index is -0.918. The highest BCUT2D eigenvalue weighted by atomic mass is 16.8. The quantitative estimate of drug-likeness (QED) is 0.246. The highest BCUT2D eigenvalue weighted by Crippen LogP contribution is 2.34. The Kier molecular flexibility index (Phi) is 10.5. The molecule has 0 radical (unpaired) electrons. The van der Waals surface area contributed by atoms with Gasteiger partial charge in [0.15, 0.2) is 11.6 Å². The number of cyclic esters (lactones) is 1. The molecule has 1 N–H and O–H groups in total. The van der Waals surface area contributed by atoms with Crippen LogP contribution in [0.2, 0.25) is 0 Å². The van der Waals surface area contributed by atoms with Crippen LogP contribution in [-0.2, 0) is 33.3 Å². The van der Waals surface area contributed by atoms with Crippen molar-refractivity contribution < 1.29 is 48.0 Å². The summed E-state index contributed by atoms with van der Waals surface area (Å²) in [5.74, 6) is -2.33. The van der Waals surface area contributed by atoms with Crippen molar-refractivity contribution in [1.29, 1.82) is 0 Å². The second-order valence-electron chi connectivity index (χ2n) is 13.9. The zero-order valence-corrected chi connectivity index (χ0v) is 28.1. The summed E-state index contributed by atoms with van der Waals surface area (Å²) in [6, 6.07) is 3.37. The zero-order chi connectivity index (χ0) is 33.3. The van der Waals surface area contributed by atoms with Gasteiger partial charge in [-0.1, -0.05) is 31.2 Å². The van der Waals surface area contributed by atoms with Crippen LogP contribution < -0.4 is 5.06 Å². The molecule has 4 rings (SSSR count). The smallest absolute Gasteiger partial charge is 0.439 e. The number of amides is 1. The molecule has 0 spiro atoms. The van der Waals surface area contributed by atoms with Crippen molar-refractivity contribution in [2.45, 2.75) is 123 Å². The number of fused-ring (bicyclic) bond motifs is 2. The van der Waals surface area contributed by atoms with E-state index in [4.69, 9.17) is 33.3 Å². The second-order valence-corrected chi connectivity index (χ2v) is 13.9. The Labute approximate surface area is 266 Å². The number of nitrogens with zero attached hydrogens (tertiary/aromatic N) is 1. The fourth-order valence-electron chi connectivity index (χ4n) is 5.42. The maximum absolute atomic E-state index is 13.6. The molecule has 2 fully saturated rings. The molecule has 11 nitrogen and oxygen atoms in total. The van der Waals surface area contributed by atoms with Crippen LogP contribution in [-0.4, -0.2) is 78.1 Å². The van der Waals surface area contributed by atoms with Crippen molar-refractivity contribution in [2.75, 3.05) is 18.3 Å². The number of carbonyl (C=O) groups excluding carboxylic acids is 2. The lowest BCUT2D eigenvalue weighted by Gasteiger charge is -2.28. The van der Waals surface area contributed by atoms with Gasteiger partial charge in [0.05, 0.1) is 24.0 Å². The summed E-state index contributed by atoms with van der Waals surface area (Å²) in [5, 5.41) is 12.0. The number of carbonyl (C=O) groups is 2. The molecule has 1 unspecified atom stereocenters. The number of aliphatic hydroxyl groups excluding tert-OH is 1. The van der Waals surface area contributed by atoms with Gasteiger partial charge in [-0.15, -0.1) is 0 Å². The molecule has 0 aliphatic carbocycles. The topological polar surface area (TPSA) is 122 Å². The molecule has 0 saturated carbocycles. The van der Waals surface area contributed by atoms with Gasteiger partial charge in [-0.3, -0.25) is 4.84 Å². The number of hydrogen-bond acceptors (Lipinski definition) is 10. The lowest BCUT2D eigenvalue weighted by Crippen LogP contribution is -2.39. The monoisotopic (exact) mass is 631 g/mol. The van der Waals surface area contributed by atoms with Crippen LogP contribution in [0.25, 0.3) is 6.08 Å². The van der Waals surface area contributed by atoms with Gasteiger partial charge in [0.1, 0.15) is 36.6 Å². The molecular weight excluding hydrogens is 582 g/mol. The standard InChI is InChI=1S/C34H49NO10/c1-20-14-15-26(36)29-27(43-34(9,10)44-29)13-11-12-23-17-24(16-21(2)28(23)30(37)41-22(20)3)35(31(38)45-32(4,5)6)40-19-25-18-39-33(7,8)42-25/h11-12,14-17,20,22,25-27,29,36H,13,18-19H2,1-10H3/b12-11?,15-14-/t20-,22+,25-,26?,27+,29-/m1/s1. The summed E-state index contributed by atoms with van der Waals surface area (Å²) in [4.78, 5) is 33.1. The Bertz CT molecular complexity index is 1300. The predicted octanol–water partition coefficient (Wildman–Crippen LogP) is 5.86. The van der Waals surface area contributed by atoms with Gasteiger partial charge in [0.25, 0.3) is 0 Å². The Morgan fingerprint density at radius 3 is 2.42 bits per heavy atom. The highest BCUT2D eigenvalue weighted by Gasteiger charge is 2.43. The first-order chi connectivity index (χ1) is 20.8. The van der Waals surface area contributed by atoms with Crippen molar-refractivity contribution in [3.05, 3.63) is 47.1 Å². The maximum Gasteiger partial charge on any atom is 0.439 e. The van der Waals surface area contributed by atoms with Crippen LogP contribution >= 0.6 is 0 Å². The van der Waals surface area contributed by atoms with E-state index >= 15 is 0 Å². The van der Waals surface area contributed by atoms with Gasteiger partial charge in [-0.05, 0) is 92.0 Å². The van der Waals surface area contributed by atoms with Crippen molar-refractivity contribution in [2.24, 2.45) is 5.92 Å². The lowest BCUT2D eigenvalue weighted by molar-refractivity contribution is -0.152. The minimum Gasteiger partial charge on any atom is -0.458 e. The Balaban J connectivity index is 1.73. The number of aryl methyl sites for hydroxylation is 1. The molecule has 3 aliphatic heterocycles. The van der Waals surface area contributed by atoms with E-state index in [0.29, 0.717) is 35.4 Å². The zero-order valence-electron chi connectivity index (χ0n) is 28.1. The summed E-state index contributed by atoms with van der Waals surface area (Å²) in [6.07, 6.45) is 3.96. The lowest BCUT2D eigenvalue weighted by atomic mass is 9.97. The third kappa shape index (κ3) is 9.15. The van der Waals surface area contributed by atoms with E-state index in [1.165, 1.54) is 0 Å². The van der Waals surface area contributed by atoms with E-state index in [9.17, 15) is 14.7 Å². The number of benzene rings is 1. The number of anilines is 1. The number of hydroxylamine groups is 1. The van der Waals surface area contributed by atoms with E-state index in [1.54, 1.807) is 58.9 Å². The number of aliphatic hydroxyl groups is 1. The number of ether oxygens (including phenoxy) is 6. The van der Waals surface area contributed by atoms with Crippen LogP contribution in [0.4, 0.5) is 10.5 Å². The second kappa shape index (κ2) is 13.5. The van der Waals surface area contributed by atoms with E-state index < -0.39 is 59.8 Å². The number of esters is 1. The van der Waals surface area contributed by atoms with Crippen LogP contribution in [0.3, 0.4) is 0 Å². The van der Waals surface area contributed by atoms with Gasteiger partial charge < -0.3 is 33.5 Å². The third-order valence-electron chi connectivity index (χ3n) is 7.67. The normalized spacial score (nSPS) is 30.5. The van der Waals surface area contributed by atoms with Crippen molar-refractivity contribution in [3.63, 3.8) is 0 Å². The van der Waals surface area contributed by atoms with Crippen LogP contribution in [0.1, 0.15) is 90.2 Å². The number of rotatable bonds is 4. The largest absolute Gasteiger partial charge is 0.458 e. The predicted molar refractivity (Wildman–Crippen MR) is 167 cm³/mol. The van der Waals surface area contributed by atoms with E-state index in [2.05, 4.69) is 0 Å². The summed E-state index contributed by atoms with van der Waals surface area (Å²) in [5.41, 5.74) is 1.01. The van der Waals surface area contributed by atoms with Crippen LogP contribution in [0.15, 0.2) is 30.4 Å². The van der Waals surface area contributed by atoms with E-state index in [1.807, 2.05) is 46.8 Å². The molecule has 0 aromatic heterocycles. The Hall–Kier alpha value is -2.80. The summed E-state index contributed by atoms with van der Waals surface area (Å²) < 4.78 is 35.3. The average molecular weight is 632 g/mol. The van der Waals surface area contributed by atoms with Gasteiger partial charge in [0.2, 0.25) is 0 Å². The Morgan fingerprint density at radius 2 is 1.78 bits per heavy atom. The highest BCUT2D eigenvalue weighted by molar-refractivity contribution is 5.97. The van der Waals surface area contributed by atoms with Crippen LogP contribution in [0.5, 0.6) is 0 Å². The first kappa shape index (κ1) is 35.1. The fourth-order valence-corrected chi connectivity index (χ4v) is 5.42. The van der Waals surface area contributed by atoms with Crippen molar-refractivity contribution >= 4 is 23.8 Å². The third-order valence-corrected chi connectivity index (χ3v) is 7.67. The molecule has 250 valence electrons. The first-order valence-corrected chi connectivity index (χ1v) is 15.6. The molecule has 3 heterocycles. The number of hydrogen-bond donors (Lipinski definition) is 1. The minimum absolute atomic E-state index is 0.0259. The average Bonchev–Trinajstić information content (AvgIpc) is 3.42. The summed E-state index contributed by atoms with van der Waals surface area (Å²) in [7, 11) is 0. The molecule has 1 amide bonds. The van der Waals surface area contributed by atoms with Gasteiger partial charge >= 0.3 is 12.1 Å².